The Hall–Kier alpha value is -1.57. The van der Waals surface area contributed by atoms with E-state index < -0.39 is 0 Å². The van der Waals surface area contributed by atoms with Crippen LogP contribution in [0.2, 0.25) is 0 Å². The number of rotatable bonds is 5. The number of piperazine rings is 1. The molecule has 1 saturated heterocycles. The summed E-state index contributed by atoms with van der Waals surface area (Å²) < 4.78 is 5.67. The molecule has 0 radical (unpaired) electrons. The maximum Gasteiger partial charge on any atom is 0.119 e. The second-order valence-electron chi connectivity index (χ2n) is 4.99. The quantitative estimate of drug-likeness (QED) is 0.816. The van der Waals surface area contributed by atoms with Crippen molar-refractivity contribution in [2.24, 2.45) is 0 Å². The van der Waals surface area contributed by atoms with Crippen LogP contribution < -0.4 is 10.1 Å². The highest BCUT2D eigenvalue weighted by Crippen LogP contribution is 2.11. The van der Waals surface area contributed by atoms with Gasteiger partial charge in [-0.2, -0.15) is 5.26 Å². The van der Waals surface area contributed by atoms with E-state index in [0.717, 1.165) is 45.0 Å². The van der Waals surface area contributed by atoms with Crippen LogP contribution >= 0.6 is 0 Å². The smallest absolute Gasteiger partial charge is 0.119 e. The van der Waals surface area contributed by atoms with Gasteiger partial charge in [-0.25, -0.2) is 0 Å². The molecule has 0 spiro atoms. The van der Waals surface area contributed by atoms with E-state index in [1.165, 1.54) is 0 Å². The predicted molar refractivity (Wildman–Crippen MR) is 75.2 cm³/mol. The predicted octanol–water partition coefficient (Wildman–Crippen LogP) is 1.62. The largest absolute Gasteiger partial charge is 0.494 e. The maximum absolute atomic E-state index is 8.71. The van der Waals surface area contributed by atoms with E-state index in [-0.39, 0.29) is 0 Å². The summed E-state index contributed by atoms with van der Waals surface area (Å²) in [5.74, 6) is 0.840. The lowest BCUT2D eigenvalue weighted by atomic mass is 10.2. The van der Waals surface area contributed by atoms with Crippen LogP contribution in [0, 0.1) is 11.3 Å². The highest BCUT2D eigenvalue weighted by atomic mass is 16.5. The molecule has 0 amide bonds. The minimum absolute atomic E-state index is 0.591. The highest BCUT2D eigenvalue weighted by molar-refractivity contribution is 5.34. The van der Waals surface area contributed by atoms with Crippen molar-refractivity contribution in [1.82, 2.24) is 10.2 Å². The van der Waals surface area contributed by atoms with E-state index in [1.807, 2.05) is 12.1 Å². The molecule has 19 heavy (non-hydrogen) atoms. The fourth-order valence-corrected chi connectivity index (χ4v) is 2.32. The first-order valence-corrected chi connectivity index (χ1v) is 6.86. The minimum atomic E-state index is 0.591. The van der Waals surface area contributed by atoms with Crippen LogP contribution in [0.4, 0.5) is 0 Å². The summed E-state index contributed by atoms with van der Waals surface area (Å²) in [7, 11) is 0. The Morgan fingerprint density at radius 2 is 2.21 bits per heavy atom. The molecular formula is C15H21N3O. The third-order valence-corrected chi connectivity index (χ3v) is 3.32. The van der Waals surface area contributed by atoms with Gasteiger partial charge in [-0.3, -0.25) is 0 Å². The van der Waals surface area contributed by atoms with Crippen LogP contribution in [0.25, 0.3) is 0 Å². The van der Waals surface area contributed by atoms with Crippen molar-refractivity contribution in [3.63, 3.8) is 0 Å². The zero-order valence-corrected chi connectivity index (χ0v) is 11.4. The fourth-order valence-electron chi connectivity index (χ4n) is 2.32. The van der Waals surface area contributed by atoms with Crippen LogP contribution in [-0.2, 0) is 0 Å². The number of nitriles is 1. The molecule has 1 aliphatic rings. The number of hydrogen-bond acceptors (Lipinski definition) is 4. The zero-order chi connectivity index (χ0) is 13.5. The van der Waals surface area contributed by atoms with E-state index in [0.29, 0.717) is 11.6 Å². The molecule has 0 saturated carbocycles. The second kappa shape index (κ2) is 7.13. The fraction of sp³-hybridized carbons (Fsp3) is 0.533. The van der Waals surface area contributed by atoms with Gasteiger partial charge in [0.05, 0.1) is 18.2 Å². The van der Waals surface area contributed by atoms with Gasteiger partial charge in [-0.05, 0) is 37.6 Å². The molecule has 1 heterocycles. The van der Waals surface area contributed by atoms with Gasteiger partial charge in [0.2, 0.25) is 0 Å². The average Bonchev–Trinajstić information content (AvgIpc) is 2.44. The third kappa shape index (κ3) is 4.55. The first-order chi connectivity index (χ1) is 9.28. The zero-order valence-electron chi connectivity index (χ0n) is 11.4. The second-order valence-corrected chi connectivity index (χ2v) is 4.99. The van der Waals surface area contributed by atoms with Crippen molar-refractivity contribution in [3.8, 4) is 11.8 Å². The summed E-state index contributed by atoms with van der Waals surface area (Å²) in [6, 6.07) is 9.97. The molecule has 2 rings (SSSR count). The Labute approximate surface area is 115 Å². The van der Waals surface area contributed by atoms with E-state index >= 15 is 0 Å². The average molecular weight is 259 g/mol. The Balaban J connectivity index is 1.64. The van der Waals surface area contributed by atoms with E-state index in [4.69, 9.17) is 10.00 Å². The van der Waals surface area contributed by atoms with Crippen molar-refractivity contribution in [3.05, 3.63) is 29.8 Å². The third-order valence-electron chi connectivity index (χ3n) is 3.32. The van der Waals surface area contributed by atoms with Gasteiger partial charge in [0.25, 0.3) is 0 Å². The summed E-state index contributed by atoms with van der Waals surface area (Å²) >= 11 is 0. The Morgan fingerprint density at radius 1 is 1.42 bits per heavy atom. The van der Waals surface area contributed by atoms with Gasteiger partial charge in [0, 0.05) is 32.2 Å². The lowest BCUT2D eigenvalue weighted by molar-refractivity contribution is 0.189. The van der Waals surface area contributed by atoms with Crippen molar-refractivity contribution in [2.75, 3.05) is 32.8 Å². The van der Waals surface area contributed by atoms with Gasteiger partial charge in [-0.15, -0.1) is 0 Å². The molecule has 1 atom stereocenters. The van der Waals surface area contributed by atoms with Crippen LogP contribution in [-0.4, -0.2) is 43.7 Å². The van der Waals surface area contributed by atoms with Gasteiger partial charge >= 0.3 is 0 Å². The summed E-state index contributed by atoms with van der Waals surface area (Å²) in [5.41, 5.74) is 0.669. The van der Waals surface area contributed by atoms with Gasteiger partial charge in [0.15, 0.2) is 0 Å². The number of nitrogens with one attached hydrogen (secondary N) is 1. The first-order valence-electron chi connectivity index (χ1n) is 6.86. The SMILES string of the molecule is CC1CN(CCCOc2ccc(C#N)cc2)CCN1. The van der Waals surface area contributed by atoms with Crippen molar-refractivity contribution < 1.29 is 4.74 Å². The van der Waals surface area contributed by atoms with Crippen LogP contribution in [0.3, 0.4) is 0 Å². The standard InChI is InChI=1S/C15H21N3O/c1-13-12-18(9-7-17-13)8-2-10-19-15-5-3-14(11-16)4-6-15/h3-6,13,17H,2,7-10,12H2,1H3. The molecule has 0 bridgehead atoms. The van der Waals surface area contributed by atoms with Crippen molar-refractivity contribution in [1.29, 1.82) is 5.26 Å². The molecule has 1 fully saturated rings. The molecule has 0 aliphatic carbocycles. The van der Waals surface area contributed by atoms with Crippen molar-refractivity contribution >= 4 is 0 Å². The summed E-state index contributed by atoms with van der Waals surface area (Å²) in [5, 5.41) is 12.1. The monoisotopic (exact) mass is 259 g/mol. The van der Waals surface area contributed by atoms with Crippen LogP contribution in [0.15, 0.2) is 24.3 Å². The Morgan fingerprint density at radius 3 is 2.89 bits per heavy atom. The number of ether oxygens (including phenoxy) is 1. The molecular weight excluding hydrogens is 238 g/mol. The number of benzene rings is 1. The number of nitrogens with zero attached hydrogens (tertiary/aromatic N) is 2. The van der Waals surface area contributed by atoms with Gasteiger partial charge < -0.3 is 15.0 Å². The molecule has 1 N–H and O–H groups in total. The van der Waals surface area contributed by atoms with E-state index in [9.17, 15) is 0 Å². The number of hydrogen-bond donors (Lipinski definition) is 1. The van der Waals surface area contributed by atoms with Crippen LogP contribution in [0.1, 0.15) is 18.9 Å². The molecule has 1 aromatic rings. The minimum Gasteiger partial charge on any atom is -0.494 e. The van der Waals surface area contributed by atoms with Crippen LogP contribution in [0.5, 0.6) is 5.75 Å². The highest BCUT2D eigenvalue weighted by Gasteiger charge is 2.14. The molecule has 1 aliphatic heterocycles. The van der Waals surface area contributed by atoms with E-state index in [1.54, 1.807) is 12.1 Å². The molecule has 102 valence electrons. The normalized spacial score (nSPS) is 19.9. The lowest BCUT2D eigenvalue weighted by Crippen LogP contribution is -2.49. The lowest BCUT2D eigenvalue weighted by Gasteiger charge is -2.31. The maximum atomic E-state index is 8.71. The molecule has 1 aromatic carbocycles. The molecule has 4 nitrogen and oxygen atoms in total. The first kappa shape index (κ1) is 13.9. The molecule has 4 heteroatoms. The van der Waals surface area contributed by atoms with Crippen molar-refractivity contribution in [2.45, 2.75) is 19.4 Å². The summed E-state index contributed by atoms with van der Waals surface area (Å²) in [4.78, 5) is 2.48. The van der Waals surface area contributed by atoms with Gasteiger partial charge in [0.1, 0.15) is 5.75 Å². The molecule has 0 aromatic heterocycles. The Bertz CT molecular complexity index is 424. The van der Waals surface area contributed by atoms with E-state index in [2.05, 4.69) is 23.2 Å². The topological polar surface area (TPSA) is 48.3 Å². The summed E-state index contributed by atoms with van der Waals surface area (Å²) in [6.45, 7) is 7.36. The Kier molecular flexibility index (Phi) is 5.20. The summed E-state index contributed by atoms with van der Waals surface area (Å²) in [6.07, 6.45) is 1.03. The van der Waals surface area contributed by atoms with Gasteiger partial charge in [-0.1, -0.05) is 0 Å². The molecule has 1 unspecified atom stereocenters.